The number of carboxylic acids is 1. The molecule has 0 spiro atoms. The molecule has 0 radical (unpaired) electrons. The third-order valence-electron chi connectivity index (χ3n) is 3.83. The van der Waals surface area contributed by atoms with Gasteiger partial charge in [-0.25, -0.2) is 9.48 Å². The summed E-state index contributed by atoms with van der Waals surface area (Å²) in [6.45, 7) is 2.33. The lowest BCUT2D eigenvalue weighted by atomic mass is 10.2. The average Bonchev–Trinajstić information content (AvgIpc) is 2.96. The Labute approximate surface area is 143 Å². The Kier molecular flexibility index (Phi) is 4.55. The molecule has 0 bridgehead atoms. The zero-order valence-electron chi connectivity index (χ0n) is 13.0. The zero-order valence-corrected chi connectivity index (χ0v) is 13.7. The summed E-state index contributed by atoms with van der Waals surface area (Å²) in [5, 5.41) is 14.1. The average molecular weight is 350 g/mol. The van der Waals surface area contributed by atoms with Crippen LogP contribution in [0.1, 0.15) is 16.2 Å². The van der Waals surface area contributed by atoms with Crippen molar-refractivity contribution in [2.24, 2.45) is 0 Å². The minimum atomic E-state index is -1.09. The van der Waals surface area contributed by atoms with Gasteiger partial charge in [0.1, 0.15) is 0 Å². The van der Waals surface area contributed by atoms with Gasteiger partial charge in [0.15, 0.2) is 11.7 Å². The molecule has 24 heavy (non-hydrogen) atoms. The number of hydrogen-bond donors (Lipinski definition) is 1. The van der Waals surface area contributed by atoms with Gasteiger partial charge in [0, 0.05) is 17.3 Å². The van der Waals surface area contributed by atoms with Crippen molar-refractivity contribution in [3.8, 4) is 5.69 Å². The Bertz CT molecular complexity index is 789. The second-order valence-corrected chi connectivity index (χ2v) is 5.93. The van der Waals surface area contributed by atoms with Crippen molar-refractivity contribution in [1.29, 1.82) is 0 Å². The fraction of sp³-hybridized carbons (Fsp3) is 0.312. The smallest absolute Gasteiger partial charge is 0.328 e. The van der Waals surface area contributed by atoms with E-state index in [1.807, 2.05) is 13.0 Å². The van der Waals surface area contributed by atoms with Crippen LogP contribution in [0, 0.1) is 6.92 Å². The number of halogens is 1. The summed E-state index contributed by atoms with van der Waals surface area (Å²) in [6.07, 6.45) is 0. The van der Waals surface area contributed by atoms with E-state index in [9.17, 15) is 14.7 Å². The van der Waals surface area contributed by atoms with Crippen molar-refractivity contribution in [3.05, 3.63) is 46.7 Å². The number of carbonyl (C=O) groups is 2. The third kappa shape index (κ3) is 3.13. The molecule has 1 aliphatic rings. The summed E-state index contributed by atoms with van der Waals surface area (Å²) in [4.78, 5) is 25.3. The van der Waals surface area contributed by atoms with Gasteiger partial charge in [-0.1, -0.05) is 17.7 Å². The third-order valence-corrected chi connectivity index (χ3v) is 4.07. The SMILES string of the molecule is Cc1cc(C(=O)N2CCOCC2C(=O)O)nn1-c1cccc(Cl)c1. The number of amides is 1. The van der Waals surface area contributed by atoms with Gasteiger partial charge in [-0.15, -0.1) is 0 Å². The number of nitrogens with zero attached hydrogens (tertiary/aromatic N) is 3. The fourth-order valence-corrected chi connectivity index (χ4v) is 2.83. The van der Waals surface area contributed by atoms with Gasteiger partial charge in [0.2, 0.25) is 0 Å². The highest BCUT2D eigenvalue weighted by molar-refractivity contribution is 6.30. The Morgan fingerprint density at radius 3 is 2.88 bits per heavy atom. The van der Waals surface area contributed by atoms with Gasteiger partial charge in [-0.2, -0.15) is 5.10 Å². The second kappa shape index (κ2) is 6.62. The molecular formula is C16H16ClN3O4. The molecule has 8 heteroatoms. The van der Waals surface area contributed by atoms with Gasteiger partial charge in [0.25, 0.3) is 5.91 Å². The number of benzene rings is 1. The van der Waals surface area contributed by atoms with E-state index in [0.717, 1.165) is 11.4 Å². The predicted octanol–water partition coefficient (Wildman–Crippen LogP) is 1.76. The molecule has 1 saturated heterocycles. The Hall–Kier alpha value is -2.38. The van der Waals surface area contributed by atoms with E-state index in [4.69, 9.17) is 16.3 Å². The largest absolute Gasteiger partial charge is 0.480 e. The first-order valence-corrected chi connectivity index (χ1v) is 7.79. The summed E-state index contributed by atoms with van der Waals surface area (Å²) < 4.78 is 6.76. The topological polar surface area (TPSA) is 84.7 Å². The minimum Gasteiger partial charge on any atom is -0.480 e. The zero-order chi connectivity index (χ0) is 17.3. The summed E-state index contributed by atoms with van der Waals surface area (Å²) in [5.41, 5.74) is 1.68. The molecular weight excluding hydrogens is 334 g/mol. The molecule has 2 heterocycles. The lowest BCUT2D eigenvalue weighted by molar-refractivity contribution is -0.147. The van der Waals surface area contributed by atoms with Crippen molar-refractivity contribution < 1.29 is 19.4 Å². The molecule has 1 aromatic carbocycles. The van der Waals surface area contributed by atoms with Crippen LogP contribution < -0.4 is 0 Å². The maximum absolute atomic E-state index is 12.7. The van der Waals surface area contributed by atoms with Crippen LogP contribution >= 0.6 is 11.6 Å². The maximum Gasteiger partial charge on any atom is 0.328 e. The first kappa shape index (κ1) is 16.5. The number of aromatic nitrogens is 2. The van der Waals surface area contributed by atoms with Crippen molar-refractivity contribution in [2.75, 3.05) is 19.8 Å². The monoisotopic (exact) mass is 349 g/mol. The van der Waals surface area contributed by atoms with Crippen LogP contribution in [0.2, 0.25) is 5.02 Å². The highest BCUT2D eigenvalue weighted by atomic mass is 35.5. The standard InChI is InChI=1S/C16H16ClN3O4/c1-10-7-13(18-20(10)12-4-2-3-11(17)8-12)15(21)19-5-6-24-9-14(19)16(22)23/h2-4,7-8,14H,5-6,9H2,1H3,(H,22,23). The van der Waals surface area contributed by atoms with Crippen molar-refractivity contribution in [2.45, 2.75) is 13.0 Å². The fourth-order valence-electron chi connectivity index (χ4n) is 2.65. The Balaban J connectivity index is 1.91. The van der Waals surface area contributed by atoms with Crippen molar-refractivity contribution >= 4 is 23.5 Å². The molecule has 1 fully saturated rings. The molecule has 0 aliphatic carbocycles. The number of morpholine rings is 1. The second-order valence-electron chi connectivity index (χ2n) is 5.49. The molecule has 0 saturated carbocycles. The van der Waals surface area contributed by atoms with Crippen LogP contribution in [-0.4, -0.2) is 57.5 Å². The molecule has 126 valence electrons. The van der Waals surface area contributed by atoms with Gasteiger partial charge in [0.05, 0.1) is 18.9 Å². The molecule has 1 amide bonds. The molecule has 1 aliphatic heterocycles. The number of aryl methyl sites for hydroxylation is 1. The molecule has 1 N–H and O–H groups in total. The molecule has 1 atom stereocenters. The lowest BCUT2D eigenvalue weighted by Crippen LogP contribution is -2.52. The highest BCUT2D eigenvalue weighted by Gasteiger charge is 2.34. The summed E-state index contributed by atoms with van der Waals surface area (Å²) in [7, 11) is 0. The van der Waals surface area contributed by atoms with E-state index >= 15 is 0 Å². The van der Waals surface area contributed by atoms with Gasteiger partial charge in [-0.05, 0) is 31.2 Å². The first-order valence-electron chi connectivity index (χ1n) is 7.41. The Morgan fingerprint density at radius 1 is 1.38 bits per heavy atom. The van der Waals surface area contributed by atoms with Crippen molar-refractivity contribution in [3.63, 3.8) is 0 Å². The van der Waals surface area contributed by atoms with E-state index in [1.165, 1.54) is 4.90 Å². The first-order chi connectivity index (χ1) is 11.5. The van der Waals surface area contributed by atoms with E-state index in [2.05, 4.69) is 5.10 Å². The van der Waals surface area contributed by atoms with Gasteiger partial charge in [-0.3, -0.25) is 4.79 Å². The van der Waals surface area contributed by atoms with Crippen LogP contribution in [0.4, 0.5) is 0 Å². The molecule has 1 aromatic heterocycles. The number of aliphatic carboxylic acids is 1. The minimum absolute atomic E-state index is 0.0188. The van der Waals surface area contributed by atoms with E-state index in [-0.39, 0.29) is 18.8 Å². The summed E-state index contributed by atoms with van der Waals surface area (Å²) in [5.74, 6) is -1.51. The number of ether oxygens (including phenoxy) is 1. The molecule has 3 rings (SSSR count). The molecule has 1 unspecified atom stereocenters. The highest BCUT2D eigenvalue weighted by Crippen LogP contribution is 2.18. The van der Waals surface area contributed by atoms with Crippen LogP contribution in [0.3, 0.4) is 0 Å². The Morgan fingerprint density at radius 2 is 2.17 bits per heavy atom. The summed E-state index contributed by atoms with van der Waals surface area (Å²) in [6, 6.07) is 7.75. The molecule has 2 aromatic rings. The maximum atomic E-state index is 12.7. The quantitative estimate of drug-likeness (QED) is 0.912. The van der Waals surface area contributed by atoms with Crippen LogP contribution in [-0.2, 0) is 9.53 Å². The lowest BCUT2D eigenvalue weighted by Gasteiger charge is -2.32. The predicted molar refractivity (Wildman–Crippen MR) is 86.6 cm³/mol. The summed E-state index contributed by atoms with van der Waals surface area (Å²) >= 11 is 6.00. The van der Waals surface area contributed by atoms with E-state index in [0.29, 0.717) is 11.6 Å². The van der Waals surface area contributed by atoms with Crippen LogP contribution in [0.25, 0.3) is 5.69 Å². The van der Waals surface area contributed by atoms with Crippen molar-refractivity contribution in [1.82, 2.24) is 14.7 Å². The molecule has 7 nitrogen and oxygen atoms in total. The van der Waals surface area contributed by atoms with Crippen LogP contribution in [0.5, 0.6) is 0 Å². The van der Waals surface area contributed by atoms with E-state index in [1.54, 1.807) is 28.9 Å². The van der Waals surface area contributed by atoms with Gasteiger partial charge < -0.3 is 14.7 Å². The van der Waals surface area contributed by atoms with Gasteiger partial charge >= 0.3 is 5.97 Å². The number of rotatable bonds is 3. The van der Waals surface area contributed by atoms with E-state index < -0.39 is 17.9 Å². The van der Waals surface area contributed by atoms with Crippen LogP contribution in [0.15, 0.2) is 30.3 Å². The number of carbonyl (C=O) groups excluding carboxylic acids is 1. The number of carboxylic acid groups (broad SMARTS) is 1. The number of hydrogen-bond acceptors (Lipinski definition) is 4. The normalized spacial score (nSPS) is 17.8.